The summed E-state index contributed by atoms with van der Waals surface area (Å²) in [5, 5.41) is 23.7. The first kappa shape index (κ1) is 72.5. The van der Waals surface area contributed by atoms with Crippen molar-refractivity contribution in [2.75, 3.05) is 13.1 Å². The Hall–Kier alpha value is -11.3. The zero-order valence-corrected chi connectivity index (χ0v) is 53.3. The number of aliphatic hydroxyl groups is 1. The number of amides is 5. The molecule has 4 atom stereocenters. The van der Waals surface area contributed by atoms with Crippen LogP contribution in [-0.2, 0) is 84.0 Å². The number of alkyl carbamates (subject to hydrolysis) is 3. The van der Waals surface area contributed by atoms with Crippen molar-refractivity contribution in [1.29, 1.82) is 0 Å². The number of ether oxygens (including phenoxy) is 7. The van der Waals surface area contributed by atoms with E-state index in [0.29, 0.717) is 38.9 Å². The number of hydrogen-bond acceptors (Lipinski definition) is 15. The van der Waals surface area contributed by atoms with Gasteiger partial charge < -0.3 is 64.8 Å². The molecule has 0 spiro atoms. The number of hydrogen-bond donors (Lipinski definition) is 6. The molecule has 0 unspecified atom stereocenters. The molecule has 8 rings (SSSR count). The maximum absolute atomic E-state index is 15.2. The lowest BCUT2D eigenvalue weighted by molar-refractivity contribution is -0.145. The van der Waals surface area contributed by atoms with Gasteiger partial charge in [0.05, 0.1) is 6.10 Å². The molecule has 8 aromatic carbocycles. The van der Waals surface area contributed by atoms with Gasteiger partial charge in [0.2, 0.25) is 46.6 Å². The van der Waals surface area contributed by atoms with Crippen molar-refractivity contribution in [3.63, 3.8) is 0 Å². The fourth-order valence-corrected chi connectivity index (χ4v) is 9.54. The fraction of sp³-hybridized carbons (Fsp3) is 0.247. The SMILES string of the molecule is CC(C)(C)OC(=O)N[C@@H](C[C@@H](O)CNC(=O)OCc1ccccc1)C(=O)N[C@@H](Cc1cc(-c2ccc(OCc3ccccc3)c(C[C@H](NC(=O)OCc3ccccc3)C(=O)Oc3c(F)c(F)c(F)c(F)c3F)c2)ccc1OCc1ccccc1)C(=O)NCC(=O)OCc1ccccc1. The predicted molar refractivity (Wildman–Crippen MR) is 346 cm³/mol. The maximum atomic E-state index is 15.2. The summed E-state index contributed by atoms with van der Waals surface area (Å²) in [4.78, 5) is 96.7. The van der Waals surface area contributed by atoms with E-state index in [2.05, 4.69) is 26.6 Å². The van der Waals surface area contributed by atoms with E-state index in [1.807, 2.05) is 0 Å². The van der Waals surface area contributed by atoms with E-state index in [1.165, 1.54) is 12.1 Å². The molecule has 0 aliphatic rings. The topological polar surface area (TPSA) is 264 Å². The van der Waals surface area contributed by atoms with Crippen LogP contribution in [0.1, 0.15) is 66.1 Å². The summed E-state index contributed by atoms with van der Waals surface area (Å²) in [5.41, 5.74) is 3.12. The Labute approximate surface area is 560 Å². The predicted octanol–water partition coefficient (Wildman–Crippen LogP) is 11.1. The minimum absolute atomic E-state index is 0.0296. The molecule has 98 heavy (non-hydrogen) atoms. The zero-order valence-electron chi connectivity index (χ0n) is 53.3. The van der Waals surface area contributed by atoms with Crippen molar-refractivity contribution in [1.82, 2.24) is 26.6 Å². The van der Waals surface area contributed by atoms with Crippen molar-refractivity contribution < 1.29 is 93.8 Å². The van der Waals surface area contributed by atoms with Gasteiger partial charge in [-0.3, -0.25) is 14.4 Å². The second kappa shape index (κ2) is 35.4. The summed E-state index contributed by atoms with van der Waals surface area (Å²) in [6, 6.07) is 47.5. The van der Waals surface area contributed by atoms with Gasteiger partial charge in [-0.05, 0) is 95.1 Å². The number of halogens is 5. The second-order valence-electron chi connectivity index (χ2n) is 23.1. The Morgan fingerprint density at radius 3 is 1.31 bits per heavy atom. The molecule has 5 amide bonds. The molecule has 0 aliphatic heterocycles. The first-order valence-corrected chi connectivity index (χ1v) is 30.8. The second-order valence-corrected chi connectivity index (χ2v) is 23.1. The van der Waals surface area contributed by atoms with Crippen LogP contribution in [0, 0.1) is 29.1 Å². The fourth-order valence-electron chi connectivity index (χ4n) is 9.54. The number of benzene rings is 8. The van der Waals surface area contributed by atoms with E-state index in [9.17, 15) is 51.8 Å². The van der Waals surface area contributed by atoms with Gasteiger partial charge in [0.25, 0.3) is 0 Å². The van der Waals surface area contributed by atoms with Gasteiger partial charge in [-0.2, -0.15) is 8.78 Å². The van der Waals surface area contributed by atoms with Crippen LogP contribution in [0.5, 0.6) is 17.2 Å². The van der Waals surface area contributed by atoms with E-state index in [0.717, 1.165) is 0 Å². The highest BCUT2D eigenvalue weighted by Crippen LogP contribution is 2.34. The van der Waals surface area contributed by atoms with Gasteiger partial charge in [0.15, 0.2) is 0 Å². The minimum atomic E-state index is -2.52. The summed E-state index contributed by atoms with van der Waals surface area (Å²) in [5.74, 6) is -18.6. The summed E-state index contributed by atoms with van der Waals surface area (Å²) in [6.45, 7) is 2.86. The summed E-state index contributed by atoms with van der Waals surface area (Å²) in [7, 11) is 0. The molecule has 0 aromatic heterocycles. The molecule has 0 radical (unpaired) electrons. The number of aliphatic hydroxyl groups excluding tert-OH is 1. The molecule has 0 bridgehead atoms. The van der Waals surface area contributed by atoms with Crippen LogP contribution in [0.2, 0.25) is 0 Å². The highest BCUT2D eigenvalue weighted by atomic mass is 19.2. The van der Waals surface area contributed by atoms with Crippen LogP contribution in [0.25, 0.3) is 11.1 Å². The molecule has 20 nitrogen and oxygen atoms in total. The highest BCUT2D eigenvalue weighted by Gasteiger charge is 2.35. The average molecular weight is 1350 g/mol. The van der Waals surface area contributed by atoms with Crippen LogP contribution >= 0.6 is 0 Å². The van der Waals surface area contributed by atoms with Crippen LogP contribution in [-0.4, -0.2) is 90.1 Å². The number of rotatable bonds is 30. The van der Waals surface area contributed by atoms with E-state index < -0.39 is 139 Å². The molecule has 512 valence electrons. The quantitative estimate of drug-likeness (QED) is 0.00610. The van der Waals surface area contributed by atoms with Gasteiger partial charge in [-0.1, -0.05) is 164 Å². The monoisotopic (exact) mass is 1350 g/mol. The summed E-state index contributed by atoms with van der Waals surface area (Å²) in [6.07, 6.45) is -6.48. The van der Waals surface area contributed by atoms with Crippen LogP contribution < -0.4 is 40.8 Å². The van der Waals surface area contributed by atoms with Crippen molar-refractivity contribution in [3.05, 3.63) is 256 Å². The largest absolute Gasteiger partial charge is 0.489 e. The molecule has 0 saturated carbocycles. The Morgan fingerprint density at radius 1 is 0.439 bits per heavy atom. The smallest absolute Gasteiger partial charge is 0.408 e. The van der Waals surface area contributed by atoms with Gasteiger partial charge >= 0.3 is 30.2 Å². The molecule has 25 heteroatoms. The molecular formula is C73H70F5N5O15. The Morgan fingerprint density at radius 2 is 0.847 bits per heavy atom. The summed E-state index contributed by atoms with van der Waals surface area (Å²) >= 11 is 0. The molecule has 6 N–H and O–H groups in total. The maximum Gasteiger partial charge on any atom is 0.408 e. The molecule has 0 heterocycles. The van der Waals surface area contributed by atoms with Crippen LogP contribution in [0.4, 0.5) is 36.3 Å². The lowest BCUT2D eigenvalue weighted by Crippen LogP contribution is -2.56. The van der Waals surface area contributed by atoms with Gasteiger partial charge in [0.1, 0.15) is 74.8 Å². The lowest BCUT2D eigenvalue weighted by Gasteiger charge is -2.27. The Bertz CT molecular complexity index is 4000. The third kappa shape index (κ3) is 22.4. The molecule has 0 aliphatic carbocycles. The van der Waals surface area contributed by atoms with E-state index in [4.69, 9.17) is 33.2 Å². The van der Waals surface area contributed by atoms with Crippen molar-refractivity contribution in [3.8, 4) is 28.4 Å². The van der Waals surface area contributed by atoms with Crippen molar-refractivity contribution in [2.24, 2.45) is 0 Å². The normalized spacial score (nSPS) is 12.3. The van der Waals surface area contributed by atoms with E-state index >= 15 is 8.78 Å². The molecule has 0 fully saturated rings. The highest BCUT2D eigenvalue weighted by molar-refractivity contribution is 5.93. The standard InChI is InChI=1S/C73H70F5N5O15/c1-73(2,3)98-72(91)82-56(37-54(84)38-80-70(89)95-43-48-25-15-7-16-26-48)68(87)81-55(67(86)79-39-60(85)94-42-47-23-13-6-14-24-47)35-52-33-50(29-31-58(52)92-40-45-19-9-4-10-20-45)51-30-32-59(93-41-46-21-11-5-12-22-46)53(34-51)36-57(83-71(90)96-44-49-27-17-8-18-28-49)69(88)97-66-64(77)62(75)61(74)63(76)65(66)78/h4-34,54-57,84H,35-44H2,1-3H3,(H,79,86)(H,80,89)(H,81,87)(H,82,91)(H,83,90)/t54-,55+,56+,57+/m1/s1. The van der Waals surface area contributed by atoms with Gasteiger partial charge in [-0.15, -0.1) is 0 Å². The molecule has 8 aromatic rings. The average Bonchev–Trinajstić information content (AvgIpc) is 0.826. The van der Waals surface area contributed by atoms with Gasteiger partial charge in [-0.25, -0.2) is 32.3 Å². The third-order valence-corrected chi connectivity index (χ3v) is 14.4. The molecular weight excluding hydrogens is 1280 g/mol. The number of carbonyl (C=O) groups is 7. The van der Waals surface area contributed by atoms with Gasteiger partial charge in [0, 0.05) is 25.8 Å². The van der Waals surface area contributed by atoms with E-state index in [-0.39, 0.29) is 55.7 Å². The lowest BCUT2D eigenvalue weighted by atomic mass is 9.95. The number of esters is 2. The Kier molecular flexibility index (Phi) is 26.2. The first-order chi connectivity index (χ1) is 47.0. The first-order valence-electron chi connectivity index (χ1n) is 30.8. The Balaban J connectivity index is 1.16. The van der Waals surface area contributed by atoms with Crippen LogP contribution in [0.3, 0.4) is 0 Å². The van der Waals surface area contributed by atoms with E-state index in [1.54, 1.807) is 197 Å². The van der Waals surface area contributed by atoms with Crippen molar-refractivity contribution in [2.45, 2.75) is 103 Å². The van der Waals surface area contributed by atoms with Crippen molar-refractivity contribution >= 4 is 42.0 Å². The van der Waals surface area contributed by atoms with Crippen LogP contribution in [0.15, 0.2) is 188 Å². The number of carbonyl (C=O) groups excluding carboxylic acids is 7. The minimum Gasteiger partial charge on any atom is -0.489 e. The molecule has 0 saturated heterocycles. The zero-order chi connectivity index (χ0) is 70.1. The number of nitrogens with one attached hydrogen (secondary N) is 5. The third-order valence-electron chi connectivity index (χ3n) is 14.4. The summed E-state index contributed by atoms with van der Waals surface area (Å²) < 4.78 is 113.